The third-order valence-electron chi connectivity index (χ3n) is 10.2. The Morgan fingerprint density at radius 1 is 0.617 bits per heavy atom. The average molecular weight is 1310 g/mol. The summed E-state index contributed by atoms with van der Waals surface area (Å²) in [5.41, 5.74) is 39.8. The van der Waals surface area contributed by atoms with Crippen molar-refractivity contribution in [3.63, 3.8) is 0 Å². The number of anilines is 5. The Hall–Kier alpha value is -8.04. The minimum absolute atomic E-state index is 0.000506. The molecule has 29 heteroatoms. The van der Waals surface area contributed by atoms with Crippen molar-refractivity contribution < 1.29 is 24.7 Å². The van der Waals surface area contributed by atoms with Gasteiger partial charge in [-0.25, -0.2) is 19.9 Å². The van der Waals surface area contributed by atoms with Crippen molar-refractivity contribution in [3.05, 3.63) is 135 Å². The molecule has 0 saturated heterocycles. The molecule has 4 heterocycles. The first-order valence-electron chi connectivity index (χ1n) is 24.4. The molecule has 9 aromatic rings. The summed E-state index contributed by atoms with van der Waals surface area (Å²) in [6.45, 7) is 21.2. The molecule has 0 saturated carbocycles. The van der Waals surface area contributed by atoms with E-state index < -0.39 is 12.0 Å². The predicted molar refractivity (Wildman–Crippen MR) is 334 cm³/mol. The number of fused-ring (bicyclic) bond motifs is 4. The summed E-state index contributed by atoms with van der Waals surface area (Å²) in [7, 11) is 0.617. The highest BCUT2D eigenvalue weighted by Crippen LogP contribution is 2.29. The molecule has 5 aromatic carbocycles. The molecule has 0 atom stereocenters. The van der Waals surface area contributed by atoms with Crippen LogP contribution >= 0.6 is 47.8 Å². The topological polar surface area (TPSA) is 409 Å². The number of nitrogens with zero attached hydrogens (tertiary/aromatic N) is 13. The fourth-order valence-electron chi connectivity index (χ4n) is 6.94. The maximum atomic E-state index is 11.4. The number of nitrogen functional groups attached to an aromatic ring is 4. The quantitative estimate of drug-likeness (QED) is 0.00943. The third-order valence-corrected chi connectivity index (χ3v) is 11.1. The van der Waals surface area contributed by atoms with Gasteiger partial charge in [-0.2, -0.15) is 0 Å². The van der Waals surface area contributed by atoms with E-state index in [1.165, 1.54) is 37.7 Å². The monoisotopic (exact) mass is 1300 g/mol. The molecule has 432 valence electrons. The summed E-state index contributed by atoms with van der Waals surface area (Å²) < 4.78 is 1.49. The number of aryl methyl sites for hydroxylation is 8. The molecule has 4 aromatic heterocycles. The van der Waals surface area contributed by atoms with E-state index in [2.05, 4.69) is 142 Å². The van der Waals surface area contributed by atoms with Gasteiger partial charge in [0.25, 0.3) is 28.6 Å². The summed E-state index contributed by atoms with van der Waals surface area (Å²) in [4.78, 5) is 27.4. The second-order valence-electron chi connectivity index (χ2n) is 17.2. The Balaban J connectivity index is 0.000000478. The largest absolute Gasteiger partial charge is 0.594 e. The van der Waals surface area contributed by atoms with Crippen LogP contribution in [-0.4, -0.2) is 85.5 Å². The number of nitrogens with two attached hydrogens (primary N) is 5. The van der Waals surface area contributed by atoms with Crippen LogP contribution in [0.15, 0.2) is 69.6 Å². The molecule has 0 spiro atoms. The number of aromatic nitrogens is 12. The molecule has 0 aliphatic carbocycles. The molecular weight excluding hydrogens is 1240 g/mol. The molecule has 0 fully saturated rings. The lowest BCUT2D eigenvalue weighted by Gasteiger charge is -2.03. The van der Waals surface area contributed by atoms with Gasteiger partial charge in [0.2, 0.25) is 11.9 Å². The molecular formula is C52H69BBr3N19O6. The number of rotatable bonds is 4. The number of halogens is 3. The van der Waals surface area contributed by atoms with Crippen molar-refractivity contribution in [1.82, 2.24) is 50.5 Å². The van der Waals surface area contributed by atoms with E-state index >= 15 is 0 Å². The smallest absolute Gasteiger partial charge is 0.448 e. The van der Waals surface area contributed by atoms with Crippen molar-refractivity contribution in [1.29, 1.82) is 0 Å². The molecule has 0 amide bonds. The van der Waals surface area contributed by atoms with Crippen molar-refractivity contribution in [3.8, 4) is 12.5 Å². The van der Waals surface area contributed by atoms with E-state index in [4.69, 9.17) is 33.0 Å². The molecule has 0 unspecified atom stereocenters. The van der Waals surface area contributed by atoms with Gasteiger partial charge in [-0.3, -0.25) is 10.1 Å². The van der Waals surface area contributed by atoms with Crippen LogP contribution in [0.25, 0.3) is 44.1 Å². The number of nitro groups is 1. The summed E-state index contributed by atoms with van der Waals surface area (Å²) >= 11 is 9.39. The fraction of sp³-hybridized carbons (Fsp3) is 0.308. The third kappa shape index (κ3) is 23.7. The lowest BCUT2D eigenvalue weighted by atomic mass is 9.99. The second-order valence-corrected chi connectivity index (χ2v) is 19.1. The molecule has 0 aliphatic rings. The molecule has 9 rings (SSSR count). The minimum atomic E-state index is -1.17. The Morgan fingerprint density at radius 3 is 1.42 bits per heavy atom. The highest BCUT2D eigenvalue weighted by molar-refractivity contribution is 9.10. The first kappa shape index (κ1) is 71.0. The van der Waals surface area contributed by atoms with E-state index in [0.29, 0.717) is 47.7 Å². The lowest BCUT2D eigenvalue weighted by molar-refractivity contribution is -0.641. The van der Waals surface area contributed by atoms with Crippen LogP contribution in [0, 0.1) is 88.4 Å². The van der Waals surface area contributed by atoms with Gasteiger partial charge < -0.3 is 54.4 Å². The number of hydrogen-bond donors (Lipinski definition) is 8. The number of hydrogen-bond acceptors (Lipinski definition) is 22. The fourth-order valence-corrected chi connectivity index (χ4v) is 8.06. The number of unbranched alkanes of at least 4 members (excludes halogenated alkanes) is 2. The van der Waals surface area contributed by atoms with E-state index in [1.54, 1.807) is 38.2 Å². The SMILES string of the molecule is C#CN.CB(O)O.CBr.CCCCC.CNc1nnc2cc(C)cc(C)c2n1.Cc1cc(Br)cc([N+](=O)[O-])c1N.Cc1cc(Br)cc2c1nc(N)n[n+]2[O-].Cc1cc(C)c2nc(N)n[n+]([O-])c2c1.Cc1cc(C)c2nc(N)nnc2c1. The Morgan fingerprint density at radius 2 is 0.988 bits per heavy atom. The van der Waals surface area contributed by atoms with Gasteiger partial charge in [-0.15, -0.1) is 20.4 Å². The van der Waals surface area contributed by atoms with Crippen LogP contribution in [0.2, 0.25) is 6.82 Å². The van der Waals surface area contributed by atoms with Gasteiger partial charge in [0.1, 0.15) is 27.8 Å². The highest BCUT2D eigenvalue weighted by Gasteiger charge is 2.15. The Bertz CT molecular complexity index is 3370. The zero-order valence-corrected chi connectivity index (χ0v) is 52.2. The van der Waals surface area contributed by atoms with Crippen molar-refractivity contribution in [2.75, 3.05) is 41.1 Å². The second kappa shape index (κ2) is 35.6. The Kier molecular flexibility index (Phi) is 31.2. The van der Waals surface area contributed by atoms with Gasteiger partial charge >= 0.3 is 7.12 Å². The first-order chi connectivity index (χ1) is 38.1. The maximum absolute atomic E-state index is 11.4. The zero-order chi connectivity index (χ0) is 61.8. The van der Waals surface area contributed by atoms with Crippen LogP contribution in [-0.2, 0) is 0 Å². The standard InChI is InChI=1S/C10H12N4.C9H10N4O.C9H10N4.C8H7BrN4O.C7H7BrN2O2.C5H12.C2H3N.CH5BO2.CH3Br/c1-6-4-7(2)9-8(5-6)13-14-10(11-3)12-9;1-5-3-6(2)8-7(4-5)13(14)12-9(10)11-8;1-5-3-6(2)8-7(4-5)12-13-9(10)11-8;1-4-2-5(9)3-6-7(4)11-8(10)12-13(6)14;1-4-2-5(8)3-6(7(4)9)10(11)12;1-3-5-4-2;1-2-3;1-2(3)4;1-2/h4-5H,1-3H3,(H,11,12,14);3-4H,1-2H3,(H2,10,11,12);3-4H,1-2H3,(H2,10,11,13);2-3H,1H3,(H2,10,11,12);2-3H,9H2,1H3;3-5H2,1-2H3;1H,3H2;3-4H,1H3;1H3. The van der Waals surface area contributed by atoms with Crippen LogP contribution in [0.1, 0.15) is 77.6 Å². The van der Waals surface area contributed by atoms with Gasteiger partial charge in [0.15, 0.2) is 0 Å². The van der Waals surface area contributed by atoms with Crippen LogP contribution < -0.4 is 43.7 Å². The summed E-state index contributed by atoms with van der Waals surface area (Å²) in [6, 6.07) is 20.2. The summed E-state index contributed by atoms with van der Waals surface area (Å²) in [5, 5.41) is 74.0. The van der Waals surface area contributed by atoms with E-state index in [0.717, 1.165) is 59.9 Å². The van der Waals surface area contributed by atoms with E-state index in [9.17, 15) is 20.5 Å². The number of nitro benzene ring substituents is 1. The van der Waals surface area contributed by atoms with Gasteiger partial charge in [0.05, 0.1) is 26.2 Å². The minimum Gasteiger partial charge on any atom is -0.594 e. The van der Waals surface area contributed by atoms with Crippen LogP contribution in [0.3, 0.4) is 0 Å². The van der Waals surface area contributed by atoms with Gasteiger partial charge in [0, 0.05) is 34.2 Å². The average Bonchev–Trinajstić information content (AvgIpc) is 3.38. The molecule has 0 radical (unpaired) electrons. The van der Waals surface area contributed by atoms with E-state index in [1.807, 2.05) is 78.6 Å². The highest BCUT2D eigenvalue weighted by atomic mass is 79.9. The Labute approximate surface area is 495 Å². The van der Waals surface area contributed by atoms with Crippen LogP contribution in [0.4, 0.5) is 35.2 Å². The molecule has 0 aliphatic heterocycles. The number of benzene rings is 5. The molecule has 0 bridgehead atoms. The lowest BCUT2D eigenvalue weighted by Crippen LogP contribution is -2.33. The number of terminal acetylenes is 1. The number of nitrogens with one attached hydrogen (secondary N) is 1. The summed E-state index contributed by atoms with van der Waals surface area (Å²) in [5.74, 6) is 2.58. The zero-order valence-electron chi connectivity index (χ0n) is 47.4. The normalized spacial score (nSPS) is 9.69. The first-order valence-corrected chi connectivity index (χ1v) is 27.5. The van der Waals surface area contributed by atoms with E-state index in [-0.39, 0.29) is 29.2 Å². The summed E-state index contributed by atoms with van der Waals surface area (Å²) in [6.07, 6.45) is 8.45. The molecule has 25 nitrogen and oxygen atoms in total. The molecule has 81 heavy (non-hydrogen) atoms. The van der Waals surface area contributed by atoms with Gasteiger partial charge in [-0.1, -0.05) is 106 Å². The van der Waals surface area contributed by atoms with Crippen molar-refractivity contribution in [2.24, 2.45) is 5.73 Å². The van der Waals surface area contributed by atoms with Crippen molar-refractivity contribution >= 4 is 134 Å². The van der Waals surface area contributed by atoms with Crippen LogP contribution in [0.5, 0.6) is 0 Å². The maximum Gasteiger partial charge on any atom is 0.448 e. The van der Waals surface area contributed by atoms with Gasteiger partial charge in [-0.05, 0) is 153 Å². The number of alkyl halides is 1. The predicted octanol–water partition coefficient (Wildman–Crippen LogP) is 8.37. The van der Waals surface area contributed by atoms with Crippen molar-refractivity contribution in [2.45, 2.75) is 95.3 Å². The molecule has 13 N–H and O–H groups in total.